The third-order valence-electron chi connectivity index (χ3n) is 3.99. The normalized spacial score (nSPS) is 17.1. The molecule has 0 bridgehead atoms. The maximum Gasteiger partial charge on any atom is 0.262 e. The molecule has 1 fully saturated rings. The molecule has 0 N–H and O–H groups in total. The van der Waals surface area contributed by atoms with Crippen LogP contribution in [-0.4, -0.2) is 59.3 Å². The Morgan fingerprint density at radius 3 is 2.80 bits per heavy atom. The van der Waals surface area contributed by atoms with E-state index in [0.717, 1.165) is 0 Å². The highest BCUT2D eigenvalue weighted by Crippen LogP contribution is 2.16. The molecule has 1 aliphatic rings. The van der Waals surface area contributed by atoms with Crippen molar-refractivity contribution < 1.29 is 17.6 Å². The second-order valence-electron chi connectivity index (χ2n) is 5.81. The van der Waals surface area contributed by atoms with Crippen LogP contribution in [0.2, 0.25) is 0 Å². The third kappa shape index (κ3) is 3.99. The summed E-state index contributed by atoms with van der Waals surface area (Å²) in [6.07, 6.45) is 8.11. The lowest BCUT2D eigenvalue weighted by atomic mass is 10.3. The number of hydrogen-bond acceptors (Lipinski definition) is 5. The Balaban J connectivity index is 1.65. The zero-order valence-electron chi connectivity index (χ0n) is 13.9. The van der Waals surface area contributed by atoms with Crippen LogP contribution in [0.1, 0.15) is 12.2 Å². The number of rotatable bonds is 4. The molecule has 0 radical (unpaired) electrons. The number of aromatic nitrogens is 2. The van der Waals surface area contributed by atoms with Gasteiger partial charge in [0.15, 0.2) is 5.03 Å². The van der Waals surface area contributed by atoms with E-state index in [0.29, 0.717) is 31.8 Å². The molecule has 0 spiro atoms. The van der Waals surface area contributed by atoms with E-state index in [1.807, 2.05) is 0 Å². The van der Waals surface area contributed by atoms with Gasteiger partial charge in [-0.15, -0.1) is 0 Å². The molecule has 0 saturated carbocycles. The van der Waals surface area contributed by atoms with Gasteiger partial charge >= 0.3 is 0 Å². The Bertz CT molecular complexity index is 855. The van der Waals surface area contributed by atoms with Gasteiger partial charge in [-0.25, -0.2) is 13.4 Å². The minimum absolute atomic E-state index is 0.0347. The Morgan fingerprint density at radius 2 is 2.12 bits per heavy atom. The van der Waals surface area contributed by atoms with Gasteiger partial charge in [-0.1, -0.05) is 0 Å². The second-order valence-corrected chi connectivity index (χ2v) is 7.69. The topological polar surface area (TPSA) is 88.7 Å². The van der Waals surface area contributed by atoms with Crippen LogP contribution in [0, 0.1) is 0 Å². The standard InChI is InChI=1S/C16H20N4O4S/c1-18-12-15(17-13-18)25(22,23)20-8-3-7-19(9-10-20)16(21)6-5-14-4-2-11-24-14/h2,4-6,11-13H,3,7-10H2,1H3/b6-5+. The lowest BCUT2D eigenvalue weighted by Gasteiger charge is -2.20. The molecule has 1 aliphatic heterocycles. The summed E-state index contributed by atoms with van der Waals surface area (Å²) < 4.78 is 33.4. The van der Waals surface area contributed by atoms with Crippen LogP contribution < -0.4 is 0 Å². The summed E-state index contributed by atoms with van der Waals surface area (Å²) in [7, 11) is -1.91. The van der Waals surface area contributed by atoms with Crippen molar-refractivity contribution in [1.82, 2.24) is 18.8 Å². The minimum atomic E-state index is -3.63. The number of furan rings is 1. The predicted octanol–water partition coefficient (Wildman–Crippen LogP) is 0.949. The lowest BCUT2D eigenvalue weighted by Crippen LogP contribution is -2.36. The van der Waals surface area contributed by atoms with Gasteiger partial charge in [0.05, 0.1) is 12.6 Å². The second kappa shape index (κ2) is 7.24. The van der Waals surface area contributed by atoms with Gasteiger partial charge in [0.1, 0.15) is 5.76 Å². The van der Waals surface area contributed by atoms with E-state index in [1.165, 1.54) is 29.2 Å². The molecule has 0 aliphatic carbocycles. The van der Waals surface area contributed by atoms with Crippen molar-refractivity contribution >= 4 is 22.0 Å². The molecule has 9 heteroatoms. The molecular weight excluding hydrogens is 344 g/mol. The first-order valence-corrected chi connectivity index (χ1v) is 9.39. The molecule has 0 atom stereocenters. The molecule has 0 aromatic carbocycles. The van der Waals surface area contributed by atoms with Crippen molar-refractivity contribution in [1.29, 1.82) is 0 Å². The lowest BCUT2D eigenvalue weighted by molar-refractivity contribution is -0.125. The number of carbonyl (C=O) groups is 1. The molecule has 0 unspecified atom stereocenters. The molecule has 1 saturated heterocycles. The summed E-state index contributed by atoms with van der Waals surface area (Å²) >= 11 is 0. The van der Waals surface area contributed by atoms with Crippen molar-refractivity contribution in [3.63, 3.8) is 0 Å². The summed E-state index contributed by atoms with van der Waals surface area (Å²) in [5.41, 5.74) is 0. The summed E-state index contributed by atoms with van der Waals surface area (Å²) in [6, 6.07) is 3.50. The van der Waals surface area contributed by atoms with Gasteiger partial charge in [-0.2, -0.15) is 4.31 Å². The average molecular weight is 364 g/mol. The van der Waals surface area contributed by atoms with E-state index in [2.05, 4.69) is 4.98 Å². The van der Waals surface area contributed by atoms with E-state index in [1.54, 1.807) is 34.7 Å². The molecule has 2 aromatic rings. The summed E-state index contributed by atoms with van der Waals surface area (Å²) in [5, 5.41) is 0.0347. The van der Waals surface area contributed by atoms with E-state index >= 15 is 0 Å². The first-order valence-electron chi connectivity index (χ1n) is 7.95. The first kappa shape index (κ1) is 17.4. The maximum atomic E-state index is 12.6. The SMILES string of the molecule is Cn1cnc(S(=O)(=O)N2CCCN(C(=O)/C=C/c3ccco3)CC2)c1. The highest BCUT2D eigenvalue weighted by atomic mass is 32.2. The van der Waals surface area contributed by atoms with Gasteiger partial charge in [0.2, 0.25) is 5.91 Å². The number of amides is 1. The molecule has 3 rings (SSSR count). The molecule has 134 valence electrons. The van der Waals surface area contributed by atoms with Gasteiger partial charge in [-0.3, -0.25) is 4.79 Å². The predicted molar refractivity (Wildman–Crippen MR) is 90.9 cm³/mol. The molecule has 1 amide bonds. The minimum Gasteiger partial charge on any atom is -0.465 e. The Kier molecular flexibility index (Phi) is 5.05. The van der Waals surface area contributed by atoms with Crippen molar-refractivity contribution in [2.75, 3.05) is 26.2 Å². The van der Waals surface area contributed by atoms with Gasteiger partial charge < -0.3 is 13.9 Å². The fourth-order valence-electron chi connectivity index (χ4n) is 2.65. The van der Waals surface area contributed by atoms with Crippen LogP contribution in [0.15, 0.2) is 46.4 Å². The van der Waals surface area contributed by atoms with Crippen LogP contribution in [0.4, 0.5) is 0 Å². The smallest absolute Gasteiger partial charge is 0.262 e. The van der Waals surface area contributed by atoms with E-state index in [9.17, 15) is 13.2 Å². The molecular formula is C16H20N4O4S. The van der Waals surface area contributed by atoms with Crippen LogP contribution in [0.5, 0.6) is 0 Å². The number of nitrogens with zero attached hydrogens (tertiary/aromatic N) is 4. The number of carbonyl (C=O) groups excluding carboxylic acids is 1. The number of imidazole rings is 1. The Morgan fingerprint density at radius 1 is 1.28 bits per heavy atom. The highest BCUT2D eigenvalue weighted by Gasteiger charge is 2.29. The maximum absolute atomic E-state index is 12.6. The van der Waals surface area contributed by atoms with Gasteiger partial charge in [0, 0.05) is 45.5 Å². The van der Waals surface area contributed by atoms with Crippen molar-refractivity contribution in [3.05, 3.63) is 42.8 Å². The molecule has 2 aromatic heterocycles. The molecule has 3 heterocycles. The monoisotopic (exact) mass is 364 g/mol. The third-order valence-corrected chi connectivity index (χ3v) is 5.77. The largest absolute Gasteiger partial charge is 0.465 e. The van der Waals surface area contributed by atoms with Crippen LogP contribution in [0.25, 0.3) is 6.08 Å². The summed E-state index contributed by atoms with van der Waals surface area (Å²) in [4.78, 5) is 17.9. The molecule has 8 nitrogen and oxygen atoms in total. The Hall–Kier alpha value is -2.39. The van der Waals surface area contributed by atoms with E-state index < -0.39 is 10.0 Å². The number of aryl methyl sites for hydroxylation is 1. The summed E-state index contributed by atoms with van der Waals surface area (Å²) in [5.74, 6) is 0.441. The van der Waals surface area contributed by atoms with Crippen LogP contribution in [-0.2, 0) is 21.9 Å². The zero-order valence-corrected chi connectivity index (χ0v) is 14.7. The highest BCUT2D eigenvalue weighted by molar-refractivity contribution is 7.89. The van der Waals surface area contributed by atoms with Crippen molar-refractivity contribution in [2.45, 2.75) is 11.4 Å². The van der Waals surface area contributed by atoms with Crippen molar-refractivity contribution in [3.8, 4) is 0 Å². The quantitative estimate of drug-likeness (QED) is 0.754. The van der Waals surface area contributed by atoms with E-state index in [-0.39, 0.29) is 17.5 Å². The summed E-state index contributed by atoms with van der Waals surface area (Å²) in [6.45, 7) is 1.47. The van der Waals surface area contributed by atoms with Gasteiger partial charge in [-0.05, 0) is 24.6 Å². The first-order chi connectivity index (χ1) is 12.0. The number of sulfonamides is 1. The average Bonchev–Trinajstić information content (AvgIpc) is 3.19. The zero-order chi connectivity index (χ0) is 17.9. The van der Waals surface area contributed by atoms with Crippen molar-refractivity contribution in [2.24, 2.45) is 7.05 Å². The fraction of sp³-hybridized carbons (Fsp3) is 0.375. The van der Waals surface area contributed by atoms with Crippen LogP contribution in [0.3, 0.4) is 0 Å². The molecule has 25 heavy (non-hydrogen) atoms. The number of hydrogen-bond donors (Lipinski definition) is 0. The van der Waals surface area contributed by atoms with E-state index in [4.69, 9.17) is 4.42 Å². The van der Waals surface area contributed by atoms with Gasteiger partial charge in [0.25, 0.3) is 10.0 Å². The Labute approximate surface area is 146 Å². The fourth-order valence-corrected chi connectivity index (χ4v) is 4.09. The van der Waals surface area contributed by atoms with Crippen LogP contribution >= 0.6 is 0 Å².